The van der Waals surface area contributed by atoms with Gasteiger partial charge in [0.2, 0.25) is 5.91 Å². The first-order valence-electron chi connectivity index (χ1n) is 5.96. The van der Waals surface area contributed by atoms with E-state index in [0.717, 1.165) is 0 Å². The number of amides is 1. The van der Waals surface area contributed by atoms with Gasteiger partial charge in [-0.05, 0) is 25.8 Å². The Labute approximate surface area is 153 Å². The Bertz CT molecular complexity index is 434. The Hall–Kier alpha value is 0.236. The van der Waals surface area contributed by atoms with E-state index in [1.165, 1.54) is 11.8 Å². The number of aliphatic hydroxyl groups is 2. The predicted molar refractivity (Wildman–Crippen MR) is 58.7 cm³/mol. The van der Waals surface area contributed by atoms with Gasteiger partial charge >= 0.3 is 51.4 Å². The minimum absolute atomic E-state index is 0. The Morgan fingerprint density at radius 3 is 2.53 bits per heavy atom. The normalized spacial score (nSPS) is 30.6. The topological polar surface area (TPSA) is 101 Å². The van der Waals surface area contributed by atoms with Crippen molar-refractivity contribution in [3.63, 3.8) is 0 Å². The average Bonchev–Trinajstić information content (AvgIpc) is 2.50. The summed E-state index contributed by atoms with van der Waals surface area (Å²) in [7, 11) is 0. The summed E-state index contributed by atoms with van der Waals surface area (Å²) in [5.41, 5.74) is 0.450. The first kappa shape index (κ1) is 17.3. The van der Waals surface area contributed by atoms with Crippen LogP contribution in [0.15, 0.2) is 11.3 Å². The molecule has 0 saturated carbocycles. The molecule has 0 aromatic carbocycles. The summed E-state index contributed by atoms with van der Waals surface area (Å²) in [6, 6.07) is -0.363. The second-order valence-electron chi connectivity index (χ2n) is 4.90. The maximum absolute atomic E-state index is 11.9. The van der Waals surface area contributed by atoms with Gasteiger partial charge in [0.25, 0.3) is 0 Å². The number of aliphatic carboxylic acids is 1. The molecule has 0 bridgehead atoms. The van der Waals surface area contributed by atoms with Gasteiger partial charge in [-0.25, -0.2) is 0 Å². The summed E-state index contributed by atoms with van der Waals surface area (Å²) >= 11 is 0. The Kier molecular flexibility index (Phi) is 5.77. The van der Waals surface area contributed by atoms with Crippen LogP contribution in [0.1, 0.15) is 20.3 Å². The number of β-lactam (4-membered cyclic amide) rings is 1. The molecule has 1 amide bonds. The zero-order valence-electron chi connectivity index (χ0n) is 11.3. The molecule has 1 saturated heterocycles. The summed E-state index contributed by atoms with van der Waals surface area (Å²) in [4.78, 5) is 24.2. The van der Waals surface area contributed by atoms with Gasteiger partial charge in [-0.2, -0.15) is 0 Å². The van der Waals surface area contributed by atoms with Crippen LogP contribution in [0.4, 0.5) is 0 Å². The summed E-state index contributed by atoms with van der Waals surface area (Å²) < 4.78 is 0. The third kappa shape index (κ3) is 2.57. The van der Waals surface area contributed by atoms with E-state index in [9.17, 15) is 19.8 Å². The van der Waals surface area contributed by atoms with Crippen LogP contribution in [0, 0.1) is 11.8 Å². The van der Waals surface area contributed by atoms with E-state index in [4.69, 9.17) is 5.11 Å². The minimum atomic E-state index is -1.38. The van der Waals surface area contributed by atoms with Gasteiger partial charge in [0.1, 0.15) is 0 Å². The number of aliphatic hydroxyl groups excluding tert-OH is 2. The van der Waals surface area contributed by atoms with Crippen LogP contribution in [0.2, 0.25) is 0 Å². The fourth-order valence-corrected chi connectivity index (χ4v) is 3.12. The fraction of sp³-hybridized carbons (Fsp3) is 0.667. The van der Waals surface area contributed by atoms with E-state index in [2.05, 4.69) is 0 Å². The zero-order chi connectivity index (χ0) is 13.6. The van der Waals surface area contributed by atoms with Gasteiger partial charge in [-0.15, -0.1) is 0 Å². The molecule has 1 fully saturated rings. The molecule has 2 aliphatic heterocycles. The molecular formula is C12H16KNO5. The minimum Gasteiger partial charge on any atom is -0.543 e. The summed E-state index contributed by atoms with van der Waals surface area (Å²) in [5.74, 6) is -2.57. The quantitative estimate of drug-likeness (QED) is 0.400. The molecule has 2 N–H and O–H groups in total. The Balaban J connectivity index is 0.00000180. The van der Waals surface area contributed by atoms with Crippen LogP contribution >= 0.6 is 0 Å². The van der Waals surface area contributed by atoms with Gasteiger partial charge < -0.3 is 25.0 Å². The van der Waals surface area contributed by atoms with Gasteiger partial charge in [-0.3, -0.25) is 4.79 Å². The Morgan fingerprint density at radius 1 is 1.53 bits per heavy atom. The van der Waals surface area contributed by atoms with Crippen LogP contribution in [0.3, 0.4) is 0 Å². The van der Waals surface area contributed by atoms with E-state index in [1.807, 2.05) is 0 Å². The summed E-state index contributed by atoms with van der Waals surface area (Å²) in [5, 5.41) is 29.7. The number of fused-ring (bicyclic) bond motifs is 1. The Morgan fingerprint density at radius 2 is 2.11 bits per heavy atom. The smallest absolute Gasteiger partial charge is 0.543 e. The molecular weight excluding hydrogens is 277 g/mol. The first-order chi connectivity index (χ1) is 8.41. The number of hydrogen-bond acceptors (Lipinski definition) is 5. The maximum Gasteiger partial charge on any atom is 1.00 e. The van der Waals surface area contributed by atoms with Crippen LogP contribution < -0.4 is 56.5 Å². The van der Waals surface area contributed by atoms with Crippen molar-refractivity contribution in [2.75, 3.05) is 6.61 Å². The van der Waals surface area contributed by atoms with Crippen LogP contribution in [0.25, 0.3) is 0 Å². The van der Waals surface area contributed by atoms with Gasteiger partial charge in [0.15, 0.2) is 0 Å². The van der Waals surface area contributed by atoms with E-state index in [-0.39, 0.29) is 81.6 Å². The number of nitrogens with zero attached hydrogens (tertiary/aromatic N) is 1. The molecule has 2 rings (SSSR count). The molecule has 0 aliphatic carbocycles. The number of carboxylic acids is 1. The third-order valence-corrected chi connectivity index (χ3v) is 3.92. The SMILES string of the molecule is CC1=C(C(=O)[O-])N2C(=O)[C@H]([C@@H](C)O)[C@H]2[C@H]1CCO.[K+]. The van der Waals surface area contributed by atoms with Crippen LogP contribution in [-0.4, -0.2) is 45.7 Å². The van der Waals surface area contributed by atoms with Crippen molar-refractivity contribution >= 4 is 11.9 Å². The molecule has 0 aromatic rings. The first-order valence-corrected chi connectivity index (χ1v) is 5.96. The molecule has 4 atom stereocenters. The van der Waals surface area contributed by atoms with Crippen molar-refractivity contribution in [1.82, 2.24) is 4.90 Å². The number of rotatable bonds is 4. The number of carbonyl (C=O) groups is 2. The monoisotopic (exact) mass is 293 g/mol. The van der Waals surface area contributed by atoms with Crippen molar-refractivity contribution in [2.24, 2.45) is 11.8 Å². The molecule has 2 aliphatic rings. The second-order valence-corrected chi connectivity index (χ2v) is 4.90. The van der Waals surface area contributed by atoms with Crippen molar-refractivity contribution in [2.45, 2.75) is 32.4 Å². The molecule has 100 valence electrons. The van der Waals surface area contributed by atoms with Gasteiger partial charge in [-0.1, -0.05) is 0 Å². The number of carboxylic acid groups (broad SMARTS) is 1. The number of carbonyl (C=O) groups excluding carboxylic acids is 2. The average molecular weight is 293 g/mol. The van der Waals surface area contributed by atoms with Crippen molar-refractivity contribution in [3.05, 3.63) is 11.3 Å². The standard InChI is InChI=1S/C12H17NO5.K/c1-5-7(3-4-14)10-8(6(2)15)11(16)13(10)9(5)12(17)18;/h6-8,10,14-15H,3-4H2,1-2H3,(H,17,18);/q;+1/p-1/t6-,7+,8-,10-;/m1./s1. The van der Waals surface area contributed by atoms with E-state index in [1.54, 1.807) is 6.92 Å². The van der Waals surface area contributed by atoms with Crippen molar-refractivity contribution in [1.29, 1.82) is 0 Å². The maximum atomic E-state index is 11.9. The molecule has 2 heterocycles. The third-order valence-electron chi connectivity index (χ3n) is 3.92. The molecule has 0 radical (unpaired) electrons. The van der Waals surface area contributed by atoms with Crippen molar-refractivity contribution < 1.29 is 76.3 Å². The van der Waals surface area contributed by atoms with E-state index >= 15 is 0 Å². The molecule has 0 aromatic heterocycles. The molecule has 6 nitrogen and oxygen atoms in total. The van der Waals surface area contributed by atoms with Crippen LogP contribution in [0.5, 0.6) is 0 Å². The molecule has 19 heavy (non-hydrogen) atoms. The van der Waals surface area contributed by atoms with Crippen LogP contribution in [-0.2, 0) is 9.59 Å². The molecule has 0 unspecified atom stereocenters. The van der Waals surface area contributed by atoms with Gasteiger partial charge in [0, 0.05) is 12.5 Å². The molecule has 0 spiro atoms. The summed E-state index contributed by atoms with van der Waals surface area (Å²) in [6.45, 7) is 3.06. The largest absolute Gasteiger partial charge is 1.00 e. The van der Waals surface area contributed by atoms with Crippen molar-refractivity contribution in [3.8, 4) is 0 Å². The predicted octanol–water partition coefficient (Wildman–Crippen LogP) is -4.77. The molecule has 7 heteroatoms. The number of hydrogen-bond donors (Lipinski definition) is 2. The summed E-state index contributed by atoms with van der Waals surface area (Å²) in [6.07, 6.45) is -0.450. The zero-order valence-corrected chi connectivity index (χ0v) is 14.4. The van der Waals surface area contributed by atoms with E-state index < -0.39 is 18.0 Å². The van der Waals surface area contributed by atoms with Gasteiger partial charge in [0.05, 0.1) is 29.7 Å². The second kappa shape index (κ2) is 6.34. The fourth-order valence-electron chi connectivity index (χ4n) is 3.12. The van der Waals surface area contributed by atoms with E-state index in [0.29, 0.717) is 12.0 Å².